The molecule has 2 N–H and O–H groups in total. The van der Waals surface area contributed by atoms with E-state index in [1.165, 1.54) is 0 Å². The highest BCUT2D eigenvalue weighted by atomic mass is 35.5. The molecule has 3 nitrogen and oxygen atoms in total. The van der Waals surface area contributed by atoms with Crippen molar-refractivity contribution in [1.29, 1.82) is 0 Å². The number of carboxylic acid groups (broad SMARTS) is 1. The quantitative estimate of drug-likeness (QED) is 0.863. The SMILES string of the molecule is O=C(O)c1cccc(NCCc2ccc(Cl)cc2Cl)c1. The zero-order valence-electron chi connectivity index (χ0n) is 10.6. The molecule has 104 valence electrons. The first kappa shape index (κ1) is 14.7. The molecule has 0 aliphatic carbocycles. The fraction of sp³-hybridized carbons (Fsp3) is 0.133. The van der Waals surface area contributed by atoms with E-state index in [0.717, 1.165) is 17.7 Å². The van der Waals surface area contributed by atoms with E-state index in [2.05, 4.69) is 5.32 Å². The summed E-state index contributed by atoms with van der Waals surface area (Å²) in [5, 5.41) is 13.3. The van der Waals surface area contributed by atoms with Gasteiger partial charge in [-0.05, 0) is 42.3 Å². The predicted molar refractivity (Wildman–Crippen MR) is 82.1 cm³/mol. The number of anilines is 1. The molecule has 0 saturated carbocycles. The summed E-state index contributed by atoms with van der Waals surface area (Å²) in [5.74, 6) is -0.936. The van der Waals surface area contributed by atoms with Gasteiger partial charge in [-0.1, -0.05) is 35.3 Å². The zero-order valence-corrected chi connectivity index (χ0v) is 12.1. The number of carboxylic acids is 1. The first-order chi connectivity index (χ1) is 9.56. The van der Waals surface area contributed by atoms with E-state index in [9.17, 15) is 4.79 Å². The molecule has 0 aliphatic rings. The minimum absolute atomic E-state index is 0.263. The second-order valence-corrected chi connectivity index (χ2v) is 5.14. The Morgan fingerprint density at radius 3 is 2.65 bits per heavy atom. The van der Waals surface area contributed by atoms with Crippen LogP contribution in [0.3, 0.4) is 0 Å². The van der Waals surface area contributed by atoms with Gasteiger partial charge in [-0.15, -0.1) is 0 Å². The monoisotopic (exact) mass is 309 g/mol. The molecule has 0 aliphatic heterocycles. The van der Waals surface area contributed by atoms with Crippen LogP contribution >= 0.6 is 23.2 Å². The average Bonchev–Trinajstić information content (AvgIpc) is 2.41. The maximum absolute atomic E-state index is 10.9. The summed E-state index contributed by atoms with van der Waals surface area (Å²) in [7, 11) is 0. The van der Waals surface area contributed by atoms with Crippen molar-refractivity contribution in [3.63, 3.8) is 0 Å². The fourth-order valence-electron chi connectivity index (χ4n) is 1.83. The van der Waals surface area contributed by atoms with Gasteiger partial charge in [0.2, 0.25) is 0 Å². The molecular weight excluding hydrogens is 297 g/mol. The molecule has 0 aromatic heterocycles. The van der Waals surface area contributed by atoms with Crippen molar-refractivity contribution >= 4 is 34.9 Å². The molecular formula is C15H13Cl2NO2. The Labute approximate surface area is 127 Å². The highest BCUT2D eigenvalue weighted by Crippen LogP contribution is 2.21. The average molecular weight is 310 g/mol. The third kappa shape index (κ3) is 3.89. The lowest BCUT2D eigenvalue weighted by Gasteiger charge is -2.08. The van der Waals surface area contributed by atoms with E-state index in [0.29, 0.717) is 16.6 Å². The summed E-state index contributed by atoms with van der Waals surface area (Å²) in [6.45, 7) is 0.657. The van der Waals surface area contributed by atoms with Crippen molar-refractivity contribution in [2.75, 3.05) is 11.9 Å². The highest BCUT2D eigenvalue weighted by molar-refractivity contribution is 6.35. The molecule has 0 bridgehead atoms. The third-order valence-electron chi connectivity index (χ3n) is 2.85. The van der Waals surface area contributed by atoms with E-state index in [-0.39, 0.29) is 5.56 Å². The molecule has 0 amide bonds. The third-order valence-corrected chi connectivity index (χ3v) is 3.44. The van der Waals surface area contributed by atoms with E-state index in [1.807, 2.05) is 12.1 Å². The molecule has 0 unspecified atom stereocenters. The second-order valence-electron chi connectivity index (χ2n) is 4.30. The predicted octanol–water partition coefficient (Wildman–Crippen LogP) is 4.35. The van der Waals surface area contributed by atoms with Crippen LogP contribution in [-0.4, -0.2) is 17.6 Å². The normalized spacial score (nSPS) is 10.3. The molecule has 5 heteroatoms. The fourth-order valence-corrected chi connectivity index (χ4v) is 2.33. The lowest BCUT2D eigenvalue weighted by Crippen LogP contribution is -2.06. The maximum atomic E-state index is 10.9. The van der Waals surface area contributed by atoms with Gasteiger partial charge in [0.25, 0.3) is 0 Å². The summed E-state index contributed by atoms with van der Waals surface area (Å²) in [5.41, 5.74) is 2.03. The van der Waals surface area contributed by atoms with E-state index >= 15 is 0 Å². The molecule has 2 aromatic carbocycles. The van der Waals surface area contributed by atoms with Crippen molar-refractivity contribution in [2.45, 2.75) is 6.42 Å². The second kappa shape index (κ2) is 6.64. The number of nitrogens with one attached hydrogen (secondary N) is 1. The van der Waals surface area contributed by atoms with Crippen LogP contribution in [0, 0.1) is 0 Å². The molecule has 2 aromatic rings. The largest absolute Gasteiger partial charge is 0.478 e. The van der Waals surface area contributed by atoms with Gasteiger partial charge in [0.05, 0.1) is 5.56 Å². The Balaban J connectivity index is 1.96. The van der Waals surface area contributed by atoms with Crippen LogP contribution in [0.25, 0.3) is 0 Å². The lowest BCUT2D eigenvalue weighted by molar-refractivity contribution is 0.0697. The van der Waals surface area contributed by atoms with Crippen LogP contribution in [0.1, 0.15) is 15.9 Å². The Kier molecular flexibility index (Phi) is 4.88. The van der Waals surface area contributed by atoms with Gasteiger partial charge >= 0.3 is 5.97 Å². The number of rotatable bonds is 5. The first-order valence-electron chi connectivity index (χ1n) is 6.07. The smallest absolute Gasteiger partial charge is 0.335 e. The van der Waals surface area contributed by atoms with Crippen LogP contribution in [0.2, 0.25) is 10.0 Å². The summed E-state index contributed by atoms with van der Waals surface area (Å²) < 4.78 is 0. The molecule has 2 rings (SSSR count). The van der Waals surface area contributed by atoms with Crippen molar-refractivity contribution in [2.24, 2.45) is 0 Å². The van der Waals surface area contributed by atoms with E-state index < -0.39 is 5.97 Å². The number of aromatic carboxylic acids is 1. The van der Waals surface area contributed by atoms with E-state index in [1.54, 1.807) is 30.3 Å². The standard InChI is InChI=1S/C15H13Cl2NO2/c16-12-5-4-10(14(17)9-12)6-7-18-13-3-1-2-11(8-13)15(19)20/h1-5,8-9,18H,6-7H2,(H,19,20). The van der Waals surface area contributed by atoms with Gasteiger partial charge in [0.15, 0.2) is 0 Å². The summed E-state index contributed by atoms with van der Waals surface area (Å²) in [6.07, 6.45) is 0.729. The van der Waals surface area contributed by atoms with Crippen LogP contribution in [0.4, 0.5) is 5.69 Å². The van der Waals surface area contributed by atoms with Crippen molar-refractivity contribution in [3.8, 4) is 0 Å². The lowest BCUT2D eigenvalue weighted by atomic mass is 10.1. The number of hydrogen-bond acceptors (Lipinski definition) is 2. The van der Waals surface area contributed by atoms with Crippen LogP contribution in [0.15, 0.2) is 42.5 Å². The topological polar surface area (TPSA) is 49.3 Å². The van der Waals surface area contributed by atoms with Gasteiger partial charge in [0.1, 0.15) is 0 Å². The van der Waals surface area contributed by atoms with Gasteiger partial charge in [0, 0.05) is 22.3 Å². The maximum Gasteiger partial charge on any atom is 0.335 e. The summed E-state index contributed by atoms with van der Waals surface area (Å²) >= 11 is 11.9. The van der Waals surface area contributed by atoms with Gasteiger partial charge in [-0.3, -0.25) is 0 Å². The van der Waals surface area contributed by atoms with Crippen molar-refractivity contribution < 1.29 is 9.90 Å². The minimum atomic E-state index is -0.936. The summed E-state index contributed by atoms with van der Waals surface area (Å²) in [4.78, 5) is 10.9. The molecule has 0 heterocycles. The van der Waals surface area contributed by atoms with Gasteiger partial charge in [-0.2, -0.15) is 0 Å². The van der Waals surface area contributed by atoms with Crippen LogP contribution < -0.4 is 5.32 Å². The highest BCUT2D eigenvalue weighted by Gasteiger charge is 2.04. The number of hydrogen-bond donors (Lipinski definition) is 2. The number of benzene rings is 2. The van der Waals surface area contributed by atoms with E-state index in [4.69, 9.17) is 28.3 Å². The van der Waals surface area contributed by atoms with Crippen LogP contribution in [-0.2, 0) is 6.42 Å². The minimum Gasteiger partial charge on any atom is -0.478 e. The molecule has 0 atom stereocenters. The first-order valence-corrected chi connectivity index (χ1v) is 6.83. The molecule has 0 saturated heterocycles. The Hall–Kier alpha value is -1.71. The number of halogens is 2. The molecule has 0 fully saturated rings. The van der Waals surface area contributed by atoms with Crippen molar-refractivity contribution in [3.05, 3.63) is 63.6 Å². The molecule has 20 heavy (non-hydrogen) atoms. The summed E-state index contributed by atoms with van der Waals surface area (Å²) in [6, 6.07) is 12.1. The molecule has 0 radical (unpaired) electrons. The molecule has 0 spiro atoms. The van der Waals surface area contributed by atoms with Gasteiger partial charge in [-0.25, -0.2) is 4.79 Å². The Bertz CT molecular complexity index is 629. The Morgan fingerprint density at radius 1 is 1.15 bits per heavy atom. The zero-order chi connectivity index (χ0) is 14.5. The van der Waals surface area contributed by atoms with Crippen LogP contribution in [0.5, 0.6) is 0 Å². The van der Waals surface area contributed by atoms with Gasteiger partial charge < -0.3 is 10.4 Å². The number of carbonyl (C=O) groups is 1. The van der Waals surface area contributed by atoms with Crippen molar-refractivity contribution in [1.82, 2.24) is 0 Å². The Morgan fingerprint density at radius 2 is 1.95 bits per heavy atom.